The van der Waals surface area contributed by atoms with Gasteiger partial charge in [0.25, 0.3) is 11.6 Å². The first kappa shape index (κ1) is 13.5. The van der Waals surface area contributed by atoms with Gasteiger partial charge in [-0.1, -0.05) is 0 Å². The molecule has 1 saturated heterocycles. The van der Waals surface area contributed by atoms with Crippen molar-refractivity contribution in [1.82, 2.24) is 4.90 Å². The van der Waals surface area contributed by atoms with Gasteiger partial charge in [-0.2, -0.15) is 0 Å². The molecule has 2 rings (SSSR count). The van der Waals surface area contributed by atoms with Crippen molar-refractivity contribution >= 4 is 11.6 Å². The van der Waals surface area contributed by atoms with Gasteiger partial charge in [0, 0.05) is 35.8 Å². The molecule has 1 aliphatic heterocycles. The van der Waals surface area contributed by atoms with Crippen LogP contribution in [0.5, 0.6) is 0 Å². The van der Waals surface area contributed by atoms with Crippen LogP contribution < -0.4 is 5.73 Å². The highest BCUT2D eigenvalue weighted by Crippen LogP contribution is 2.23. The monoisotopic (exact) mass is 263 g/mol. The number of nitrogens with zero attached hydrogens (tertiary/aromatic N) is 2. The van der Waals surface area contributed by atoms with E-state index in [4.69, 9.17) is 5.73 Å². The molecule has 2 N–H and O–H groups in total. The SMILES string of the molecule is Cc1cc(C(=O)N2CCC(N)C2C)ccc1[N+](=O)[O-]. The molecule has 1 aliphatic rings. The number of benzene rings is 1. The lowest BCUT2D eigenvalue weighted by Crippen LogP contribution is -2.40. The van der Waals surface area contributed by atoms with Crippen LogP contribution in [0, 0.1) is 17.0 Å². The minimum absolute atomic E-state index is 0.00278. The van der Waals surface area contributed by atoms with Crippen molar-refractivity contribution in [3.05, 3.63) is 39.4 Å². The van der Waals surface area contributed by atoms with Gasteiger partial charge in [0.2, 0.25) is 0 Å². The van der Waals surface area contributed by atoms with E-state index < -0.39 is 4.92 Å². The molecule has 6 nitrogen and oxygen atoms in total. The number of carbonyl (C=O) groups is 1. The Kier molecular flexibility index (Phi) is 3.53. The molecule has 102 valence electrons. The second kappa shape index (κ2) is 4.97. The maximum atomic E-state index is 12.3. The Labute approximate surface area is 111 Å². The Balaban J connectivity index is 2.25. The van der Waals surface area contributed by atoms with Crippen LogP contribution in [0.15, 0.2) is 18.2 Å². The Morgan fingerprint density at radius 3 is 2.68 bits per heavy atom. The van der Waals surface area contributed by atoms with E-state index >= 15 is 0 Å². The second-order valence-electron chi connectivity index (χ2n) is 4.95. The molecule has 1 fully saturated rings. The van der Waals surface area contributed by atoms with Crippen molar-refractivity contribution in [2.45, 2.75) is 32.4 Å². The second-order valence-corrected chi connectivity index (χ2v) is 4.95. The summed E-state index contributed by atoms with van der Waals surface area (Å²) in [6.45, 7) is 4.19. The molecular weight excluding hydrogens is 246 g/mol. The molecule has 1 aromatic rings. The summed E-state index contributed by atoms with van der Waals surface area (Å²) in [6, 6.07) is 4.45. The summed E-state index contributed by atoms with van der Waals surface area (Å²) >= 11 is 0. The summed E-state index contributed by atoms with van der Waals surface area (Å²) in [5.74, 6) is -0.113. The van der Waals surface area contributed by atoms with Crippen LogP contribution >= 0.6 is 0 Å². The van der Waals surface area contributed by atoms with E-state index in [0.717, 1.165) is 6.42 Å². The number of amides is 1. The predicted molar refractivity (Wildman–Crippen MR) is 70.9 cm³/mol. The molecule has 6 heteroatoms. The summed E-state index contributed by atoms with van der Waals surface area (Å²) in [4.78, 5) is 24.4. The minimum Gasteiger partial charge on any atom is -0.334 e. The molecule has 1 amide bonds. The van der Waals surface area contributed by atoms with Gasteiger partial charge in [-0.25, -0.2) is 0 Å². The Hall–Kier alpha value is -1.95. The Bertz CT molecular complexity index is 530. The highest BCUT2D eigenvalue weighted by Gasteiger charge is 2.32. The van der Waals surface area contributed by atoms with E-state index in [9.17, 15) is 14.9 Å². The zero-order chi connectivity index (χ0) is 14.2. The predicted octanol–water partition coefficient (Wildman–Crippen LogP) is 1.46. The molecule has 2 unspecified atom stereocenters. The van der Waals surface area contributed by atoms with Crippen LogP contribution in [0.4, 0.5) is 5.69 Å². The molecule has 0 saturated carbocycles. The van der Waals surface area contributed by atoms with E-state index in [1.54, 1.807) is 17.9 Å². The standard InChI is InChI=1S/C13H17N3O3/c1-8-7-10(3-4-12(8)16(18)19)13(17)15-6-5-11(14)9(15)2/h3-4,7,9,11H,5-6,14H2,1-2H3. The van der Waals surface area contributed by atoms with Gasteiger partial charge in [0.1, 0.15) is 0 Å². The fraction of sp³-hybridized carbons (Fsp3) is 0.462. The lowest BCUT2D eigenvalue weighted by atomic mass is 10.1. The minimum atomic E-state index is -0.446. The van der Waals surface area contributed by atoms with Gasteiger partial charge in [-0.15, -0.1) is 0 Å². The number of hydrogen-bond acceptors (Lipinski definition) is 4. The summed E-state index contributed by atoms with van der Waals surface area (Å²) < 4.78 is 0. The first-order chi connectivity index (χ1) is 8.91. The molecular formula is C13H17N3O3. The maximum absolute atomic E-state index is 12.3. The van der Waals surface area contributed by atoms with E-state index in [-0.39, 0.29) is 23.7 Å². The zero-order valence-corrected chi connectivity index (χ0v) is 11.0. The maximum Gasteiger partial charge on any atom is 0.272 e. The van der Waals surface area contributed by atoms with Gasteiger partial charge >= 0.3 is 0 Å². The summed E-state index contributed by atoms with van der Waals surface area (Å²) in [5.41, 5.74) is 6.89. The molecule has 0 radical (unpaired) electrons. The van der Waals surface area contributed by atoms with Crippen LogP contribution in [0.3, 0.4) is 0 Å². The number of rotatable bonds is 2. The number of hydrogen-bond donors (Lipinski definition) is 1. The van der Waals surface area contributed by atoms with E-state index in [1.165, 1.54) is 12.1 Å². The molecule has 0 bridgehead atoms. The lowest BCUT2D eigenvalue weighted by molar-refractivity contribution is -0.385. The van der Waals surface area contributed by atoms with Gasteiger partial charge < -0.3 is 10.6 Å². The van der Waals surface area contributed by atoms with Crippen molar-refractivity contribution < 1.29 is 9.72 Å². The quantitative estimate of drug-likeness (QED) is 0.646. The van der Waals surface area contributed by atoms with E-state index in [1.807, 2.05) is 6.92 Å². The van der Waals surface area contributed by atoms with E-state index in [2.05, 4.69) is 0 Å². The molecule has 0 aromatic heterocycles. The van der Waals surface area contributed by atoms with Gasteiger partial charge in [0.15, 0.2) is 0 Å². The van der Waals surface area contributed by atoms with Gasteiger partial charge in [0.05, 0.1) is 4.92 Å². The first-order valence-electron chi connectivity index (χ1n) is 6.23. The Morgan fingerprint density at radius 1 is 1.53 bits per heavy atom. The first-order valence-corrected chi connectivity index (χ1v) is 6.23. The van der Waals surface area contributed by atoms with Gasteiger partial charge in [-0.3, -0.25) is 14.9 Å². The van der Waals surface area contributed by atoms with Crippen molar-refractivity contribution in [3.63, 3.8) is 0 Å². The molecule has 1 aromatic carbocycles. The molecule has 0 spiro atoms. The summed E-state index contributed by atoms with van der Waals surface area (Å²) in [5, 5.41) is 10.7. The zero-order valence-electron chi connectivity index (χ0n) is 11.0. The van der Waals surface area contributed by atoms with Crippen LogP contribution in [0.25, 0.3) is 0 Å². The molecule has 1 heterocycles. The number of nitrogens with two attached hydrogens (primary N) is 1. The molecule has 0 aliphatic carbocycles. The van der Waals surface area contributed by atoms with Crippen molar-refractivity contribution in [2.24, 2.45) is 5.73 Å². The van der Waals surface area contributed by atoms with E-state index in [0.29, 0.717) is 17.7 Å². The number of nitro benzene ring substituents is 1. The number of aryl methyl sites for hydroxylation is 1. The van der Waals surface area contributed by atoms with Crippen molar-refractivity contribution in [3.8, 4) is 0 Å². The van der Waals surface area contributed by atoms with Crippen LogP contribution in [0.2, 0.25) is 0 Å². The smallest absolute Gasteiger partial charge is 0.272 e. The summed E-state index contributed by atoms with van der Waals surface area (Å²) in [6.07, 6.45) is 0.791. The third-order valence-electron chi connectivity index (χ3n) is 3.72. The largest absolute Gasteiger partial charge is 0.334 e. The highest BCUT2D eigenvalue weighted by atomic mass is 16.6. The van der Waals surface area contributed by atoms with Crippen molar-refractivity contribution in [2.75, 3.05) is 6.54 Å². The van der Waals surface area contributed by atoms with Gasteiger partial charge in [-0.05, 0) is 32.4 Å². The van der Waals surface area contributed by atoms with Crippen LogP contribution in [-0.4, -0.2) is 34.4 Å². The fourth-order valence-electron chi connectivity index (χ4n) is 2.41. The average molecular weight is 263 g/mol. The average Bonchev–Trinajstić information content (AvgIpc) is 2.68. The third-order valence-corrected chi connectivity index (χ3v) is 3.72. The van der Waals surface area contributed by atoms with Crippen LogP contribution in [-0.2, 0) is 0 Å². The number of carbonyl (C=O) groups excluding carboxylic acids is 1. The normalized spacial score (nSPS) is 22.6. The number of likely N-dealkylation sites (tertiary alicyclic amines) is 1. The highest BCUT2D eigenvalue weighted by molar-refractivity contribution is 5.95. The molecule has 19 heavy (non-hydrogen) atoms. The topological polar surface area (TPSA) is 89.5 Å². The third kappa shape index (κ3) is 2.44. The molecule has 2 atom stereocenters. The number of nitro groups is 1. The Morgan fingerprint density at radius 2 is 2.21 bits per heavy atom. The summed E-state index contributed by atoms with van der Waals surface area (Å²) in [7, 11) is 0. The van der Waals surface area contributed by atoms with Crippen molar-refractivity contribution in [1.29, 1.82) is 0 Å². The lowest BCUT2D eigenvalue weighted by Gasteiger charge is -2.23. The fourth-order valence-corrected chi connectivity index (χ4v) is 2.41. The van der Waals surface area contributed by atoms with Crippen LogP contribution in [0.1, 0.15) is 29.3 Å².